The maximum absolute atomic E-state index is 10.3. The van der Waals surface area contributed by atoms with Crippen molar-refractivity contribution in [2.75, 3.05) is 0 Å². The van der Waals surface area contributed by atoms with Crippen molar-refractivity contribution in [3.8, 4) is 23.7 Å². The summed E-state index contributed by atoms with van der Waals surface area (Å²) in [6, 6.07) is 0. The second-order valence-electron chi connectivity index (χ2n) is 4.58. The third kappa shape index (κ3) is 20.0. The largest absolute Gasteiger partial charge is 0.481 e. The Bertz CT molecular complexity index is 546. The summed E-state index contributed by atoms with van der Waals surface area (Å²) in [5.41, 5.74) is 0. The molecular formula is C20H23BrO2. The van der Waals surface area contributed by atoms with Crippen LogP contribution in [-0.2, 0) is 4.79 Å². The Morgan fingerprint density at radius 2 is 1.52 bits per heavy atom. The molecule has 0 heterocycles. The molecule has 0 aromatic heterocycles. The standard InChI is InChI=1S/C20H23BrO2/c21-19-17-15-13-11-9-7-5-3-1-2-4-6-8-10-12-14-16-18-20(22)23/h1,3,9-12,17,19H,5-8,14,16,18H2,(H,22,23)/b3-1+,11-9+,12-10+,19-17+. The van der Waals surface area contributed by atoms with Crippen LogP contribution >= 0.6 is 15.9 Å². The quantitative estimate of drug-likeness (QED) is 0.334. The van der Waals surface area contributed by atoms with Crippen molar-refractivity contribution in [2.45, 2.75) is 44.9 Å². The molecule has 0 fully saturated rings. The fourth-order valence-electron chi connectivity index (χ4n) is 1.50. The molecule has 0 unspecified atom stereocenters. The molecule has 0 rings (SSSR count). The van der Waals surface area contributed by atoms with E-state index >= 15 is 0 Å². The fraction of sp³-hybridized carbons (Fsp3) is 0.350. The molecule has 0 aliphatic heterocycles. The smallest absolute Gasteiger partial charge is 0.303 e. The van der Waals surface area contributed by atoms with Gasteiger partial charge in [0.2, 0.25) is 0 Å². The van der Waals surface area contributed by atoms with Gasteiger partial charge in [0.15, 0.2) is 0 Å². The Balaban J connectivity index is 3.56. The van der Waals surface area contributed by atoms with E-state index in [1.807, 2.05) is 24.3 Å². The molecule has 0 aliphatic rings. The molecule has 0 bridgehead atoms. The van der Waals surface area contributed by atoms with Crippen LogP contribution in [-0.4, -0.2) is 11.1 Å². The number of halogens is 1. The zero-order valence-corrected chi connectivity index (χ0v) is 14.9. The third-order valence-corrected chi connectivity index (χ3v) is 2.86. The van der Waals surface area contributed by atoms with Gasteiger partial charge in [0.25, 0.3) is 0 Å². The fourth-order valence-corrected chi connectivity index (χ4v) is 1.63. The van der Waals surface area contributed by atoms with Gasteiger partial charge in [-0.2, -0.15) is 0 Å². The topological polar surface area (TPSA) is 37.3 Å². The lowest BCUT2D eigenvalue weighted by Crippen LogP contribution is -1.92. The highest BCUT2D eigenvalue weighted by atomic mass is 79.9. The molecule has 0 radical (unpaired) electrons. The van der Waals surface area contributed by atoms with E-state index < -0.39 is 5.97 Å². The van der Waals surface area contributed by atoms with E-state index in [9.17, 15) is 4.79 Å². The average Bonchev–Trinajstić information content (AvgIpc) is 2.53. The summed E-state index contributed by atoms with van der Waals surface area (Å²) in [4.78, 5) is 12.0. The molecule has 0 aromatic rings. The number of aliphatic carboxylic acids is 1. The van der Waals surface area contributed by atoms with Gasteiger partial charge in [0.1, 0.15) is 0 Å². The molecule has 2 nitrogen and oxygen atoms in total. The maximum atomic E-state index is 10.3. The number of hydrogen-bond donors (Lipinski definition) is 1. The van der Waals surface area contributed by atoms with Gasteiger partial charge in [-0.15, -0.1) is 0 Å². The molecule has 0 aromatic carbocycles. The van der Waals surface area contributed by atoms with Crippen molar-refractivity contribution in [2.24, 2.45) is 0 Å². The first-order valence-corrected chi connectivity index (χ1v) is 8.60. The molecule has 0 saturated heterocycles. The van der Waals surface area contributed by atoms with Gasteiger partial charge in [0.05, 0.1) is 0 Å². The minimum absolute atomic E-state index is 0.241. The summed E-state index contributed by atoms with van der Waals surface area (Å²) in [6.45, 7) is 0. The zero-order chi connectivity index (χ0) is 17.0. The molecule has 0 amide bonds. The van der Waals surface area contributed by atoms with Crippen LogP contribution in [0.5, 0.6) is 0 Å². The van der Waals surface area contributed by atoms with Crippen LogP contribution in [0.2, 0.25) is 0 Å². The third-order valence-electron chi connectivity index (χ3n) is 2.60. The lowest BCUT2D eigenvalue weighted by molar-refractivity contribution is -0.137. The van der Waals surface area contributed by atoms with Crippen molar-refractivity contribution < 1.29 is 9.90 Å². The first kappa shape index (κ1) is 21.0. The van der Waals surface area contributed by atoms with Gasteiger partial charge in [-0.05, 0) is 55.3 Å². The predicted octanol–water partition coefficient (Wildman–Crippen LogP) is 5.39. The summed E-state index contributed by atoms with van der Waals surface area (Å²) in [5, 5.41) is 8.49. The van der Waals surface area contributed by atoms with E-state index in [0.29, 0.717) is 6.42 Å². The Morgan fingerprint density at radius 3 is 2.22 bits per heavy atom. The van der Waals surface area contributed by atoms with Gasteiger partial charge in [-0.1, -0.05) is 63.9 Å². The number of hydrogen-bond acceptors (Lipinski definition) is 1. The van der Waals surface area contributed by atoms with Gasteiger partial charge in [-0.3, -0.25) is 4.79 Å². The molecular weight excluding hydrogens is 352 g/mol. The van der Waals surface area contributed by atoms with Crippen LogP contribution in [0.15, 0.2) is 47.5 Å². The SMILES string of the molecule is O=C(O)CCC/C=C/CCC#C/C=C/CC/C=C/C#C/C=C/Br. The minimum Gasteiger partial charge on any atom is -0.481 e. The van der Waals surface area contributed by atoms with Crippen LogP contribution in [0.3, 0.4) is 0 Å². The molecule has 0 atom stereocenters. The molecule has 23 heavy (non-hydrogen) atoms. The summed E-state index contributed by atoms with van der Waals surface area (Å²) < 4.78 is 0. The summed E-state index contributed by atoms with van der Waals surface area (Å²) in [7, 11) is 0. The average molecular weight is 375 g/mol. The zero-order valence-electron chi connectivity index (χ0n) is 13.3. The number of carbonyl (C=O) groups is 1. The summed E-state index contributed by atoms with van der Waals surface area (Å²) in [6.07, 6.45) is 19.1. The summed E-state index contributed by atoms with van der Waals surface area (Å²) >= 11 is 3.15. The Kier molecular flexibility index (Phi) is 16.5. The first-order chi connectivity index (χ1) is 11.3. The van der Waals surface area contributed by atoms with E-state index in [1.54, 1.807) is 11.1 Å². The summed E-state index contributed by atoms with van der Waals surface area (Å²) in [5.74, 6) is 11.1. The first-order valence-electron chi connectivity index (χ1n) is 7.69. The monoisotopic (exact) mass is 374 g/mol. The van der Waals surface area contributed by atoms with Gasteiger partial charge < -0.3 is 5.11 Å². The minimum atomic E-state index is -0.730. The molecule has 0 saturated carbocycles. The van der Waals surface area contributed by atoms with Crippen LogP contribution in [0.25, 0.3) is 0 Å². The van der Waals surface area contributed by atoms with E-state index in [-0.39, 0.29) is 6.42 Å². The lowest BCUT2D eigenvalue weighted by Gasteiger charge is -1.90. The van der Waals surface area contributed by atoms with Crippen LogP contribution in [0, 0.1) is 23.7 Å². The second-order valence-corrected chi connectivity index (χ2v) is 5.11. The van der Waals surface area contributed by atoms with E-state index in [1.165, 1.54) is 0 Å². The number of rotatable bonds is 9. The van der Waals surface area contributed by atoms with Crippen LogP contribution in [0.1, 0.15) is 44.9 Å². The van der Waals surface area contributed by atoms with Crippen molar-refractivity contribution in [1.82, 2.24) is 0 Å². The van der Waals surface area contributed by atoms with Gasteiger partial charge >= 0.3 is 5.97 Å². The Morgan fingerprint density at radius 1 is 0.870 bits per heavy atom. The predicted molar refractivity (Wildman–Crippen MR) is 101 cm³/mol. The van der Waals surface area contributed by atoms with Gasteiger partial charge in [-0.25, -0.2) is 0 Å². The number of carboxylic acids is 1. The maximum Gasteiger partial charge on any atom is 0.303 e. The van der Waals surface area contributed by atoms with Crippen LogP contribution < -0.4 is 0 Å². The van der Waals surface area contributed by atoms with Crippen LogP contribution in [0.4, 0.5) is 0 Å². The molecule has 0 spiro atoms. The number of allylic oxidation sites excluding steroid dienone is 7. The molecule has 0 aliphatic carbocycles. The normalized spacial score (nSPS) is 11.0. The molecule has 1 N–H and O–H groups in total. The van der Waals surface area contributed by atoms with Crippen molar-refractivity contribution in [3.63, 3.8) is 0 Å². The highest BCUT2D eigenvalue weighted by Gasteiger charge is 1.92. The Hall–Kier alpha value is -1.97. The highest BCUT2D eigenvalue weighted by Crippen LogP contribution is 1.98. The van der Waals surface area contributed by atoms with E-state index in [0.717, 1.165) is 32.1 Å². The van der Waals surface area contributed by atoms with Crippen molar-refractivity contribution in [3.05, 3.63) is 47.5 Å². The van der Waals surface area contributed by atoms with Crippen molar-refractivity contribution in [1.29, 1.82) is 0 Å². The second kappa shape index (κ2) is 18.1. The van der Waals surface area contributed by atoms with E-state index in [4.69, 9.17) is 5.11 Å². The van der Waals surface area contributed by atoms with Gasteiger partial charge in [0, 0.05) is 12.8 Å². The number of unbranched alkanes of at least 4 members (excludes halogenated alkanes) is 3. The number of carboxylic acid groups (broad SMARTS) is 1. The lowest BCUT2D eigenvalue weighted by atomic mass is 10.2. The molecule has 3 heteroatoms. The Labute approximate surface area is 148 Å². The van der Waals surface area contributed by atoms with Crippen molar-refractivity contribution >= 4 is 21.9 Å². The molecule has 122 valence electrons. The van der Waals surface area contributed by atoms with E-state index in [2.05, 4.69) is 51.8 Å². The highest BCUT2D eigenvalue weighted by molar-refractivity contribution is 9.11.